The summed E-state index contributed by atoms with van der Waals surface area (Å²) in [7, 11) is 4.47. The van der Waals surface area contributed by atoms with Gasteiger partial charge in [0.1, 0.15) is 19.0 Å². The van der Waals surface area contributed by atoms with E-state index in [1.807, 2.05) is 30.3 Å². The number of likely N-dealkylation sites (tertiary alicyclic amines) is 1. The Kier molecular flexibility index (Phi) is 7.31. The number of methoxy groups -OCH3 is 3. The third-order valence-electron chi connectivity index (χ3n) is 6.84. The predicted molar refractivity (Wildman–Crippen MR) is 143 cm³/mol. The highest BCUT2D eigenvalue weighted by Crippen LogP contribution is 2.46. The number of ether oxygens (including phenoxy) is 5. The van der Waals surface area contributed by atoms with Crippen molar-refractivity contribution in [2.45, 2.75) is 12.5 Å². The highest BCUT2D eigenvalue weighted by molar-refractivity contribution is 6.46. The third-order valence-corrected chi connectivity index (χ3v) is 6.84. The molecule has 2 aliphatic heterocycles. The van der Waals surface area contributed by atoms with Gasteiger partial charge < -0.3 is 33.7 Å². The fourth-order valence-corrected chi connectivity index (χ4v) is 4.96. The number of fused-ring (bicyclic) bond motifs is 1. The van der Waals surface area contributed by atoms with Crippen LogP contribution >= 0.6 is 0 Å². The first kappa shape index (κ1) is 26.0. The number of hydrogen-bond acceptors (Lipinski definition) is 8. The van der Waals surface area contributed by atoms with Crippen molar-refractivity contribution in [1.29, 1.82) is 0 Å². The van der Waals surface area contributed by atoms with Gasteiger partial charge in [-0.15, -0.1) is 0 Å². The Labute approximate surface area is 226 Å². The van der Waals surface area contributed by atoms with Gasteiger partial charge in [0.15, 0.2) is 23.0 Å². The smallest absolute Gasteiger partial charge is 0.295 e. The minimum absolute atomic E-state index is 0.0426. The number of nitrogens with zero attached hydrogens (tertiary/aromatic N) is 1. The van der Waals surface area contributed by atoms with Crippen LogP contribution in [0, 0.1) is 0 Å². The van der Waals surface area contributed by atoms with E-state index in [1.165, 1.54) is 26.2 Å². The van der Waals surface area contributed by atoms with E-state index in [0.717, 1.165) is 5.56 Å². The van der Waals surface area contributed by atoms with E-state index in [1.54, 1.807) is 30.3 Å². The quantitative estimate of drug-likeness (QED) is 0.263. The lowest BCUT2D eigenvalue weighted by Crippen LogP contribution is -2.31. The van der Waals surface area contributed by atoms with Crippen LogP contribution in [0.2, 0.25) is 0 Å². The molecule has 5 rings (SSSR count). The molecule has 9 nitrogen and oxygen atoms in total. The summed E-state index contributed by atoms with van der Waals surface area (Å²) in [6.45, 7) is 1.03. The van der Waals surface area contributed by atoms with Crippen LogP contribution in [0.1, 0.15) is 22.7 Å². The van der Waals surface area contributed by atoms with Gasteiger partial charge in [-0.2, -0.15) is 0 Å². The van der Waals surface area contributed by atoms with Crippen LogP contribution < -0.4 is 23.7 Å². The maximum atomic E-state index is 13.5. The van der Waals surface area contributed by atoms with Gasteiger partial charge in [-0.25, -0.2) is 0 Å². The average molecular weight is 532 g/mol. The number of aliphatic hydroxyl groups is 1. The van der Waals surface area contributed by atoms with E-state index in [-0.39, 0.29) is 17.9 Å². The number of Topliss-reactive ketones (excluding diaryl/α,β-unsaturated/α-hetero) is 1. The number of carbonyl (C=O) groups excluding carboxylic acids is 2. The second-order valence-corrected chi connectivity index (χ2v) is 9.05. The SMILES string of the molecule is COc1cc([C@@H]2/C(=C(\O)c3ccc4c(c3)OCCO4)C(=O)C(=O)N2CCc2ccccc2)cc(OC)c1OC. The van der Waals surface area contributed by atoms with Crippen molar-refractivity contribution >= 4 is 17.4 Å². The molecule has 202 valence electrons. The van der Waals surface area contributed by atoms with Crippen LogP contribution in [0.5, 0.6) is 28.7 Å². The van der Waals surface area contributed by atoms with Crippen molar-refractivity contribution < 1.29 is 38.4 Å². The van der Waals surface area contributed by atoms with Gasteiger partial charge >= 0.3 is 0 Å². The molecule has 1 amide bonds. The predicted octanol–water partition coefficient (Wildman–Crippen LogP) is 4.15. The Hall–Kier alpha value is -4.66. The van der Waals surface area contributed by atoms with Gasteiger partial charge in [0.2, 0.25) is 5.75 Å². The van der Waals surface area contributed by atoms with Crippen molar-refractivity contribution in [1.82, 2.24) is 4.90 Å². The van der Waals surface area contributed by atoms with E-state index in [9.17, 15) is 14.7 Å². The van der Waals surface area contributed by atoms with E-state index in [4.69, 9.17) is 23.7 Å². The number of amides is 1. The standard InChI is InChI=1S/C30H29NO8/c1-35-23-16-20(17-24(36-2)29(23)37-3)26-25(27(32)19-9-10-21-22(15-19)39-14-13-38-21)28(33)30(34)31(26)12-11-18-7-5-4-6-8-18/h4-10,15-17,26,32H,11-14H2,1-3H3/b27-25+/t26-/m1/s1. The topological polar surface area (TPSA) is 104 Å². The van der Waals surface area contributed by atoms with Gasteiger partial charge in [0.25, 0.3) is 11.7 Å². The molecule has 0 bridgehead atoms. The van der Waals surface area contributed by atoms with Crippen LogP contribution in [-0.2, 0) is 16.0 Å². The normalized spacial score (nSPS) is 17.7. The molecule has 1 fully saturated rings. The monoisotopic (exact) mass is 531 g/mol. The molecule has 0 aromatic heterocycles. The molecule has 3 aromatic rings. The van der Waals surface area contributed by atoms with E-state index >= 15 is 0 Å². The summed E-state index contributed by atoms with van der Waals surface area (Å²) in [5, 5.41) is 11.5. The summed E-state index contributed by atoms with van der Waals surface area (Å²) in [5.41, 5.74) is 1.82. The molecule has 0 aliphatic carbocycles. The first-order valence-electron chi connectivity index (χ1n) is 12.5. The number of benzene rings is 3. The molecule has 1 saturated heterocycles. The number of rotatable bonds is 8. The first-order valence-corrected chi connectivity index (χ1v) is 12.5. The van der Waals surface area contributed by atoms with Crippen LogP contribution in [0.3, 0.4) is 0 Å². The fourth-order valence-electron chi connectivity index (χ4n) is 4.96. The Balaban J connectivity index is 1.65. The van der Waals surface area contributed by atoms with Gasteiger partial charge in [0, 0.05) is 12.1 Å². The zero-order valence-corrected chi connectivity index (χ0v) is 21.9. The van der Waals surface area contributed by atoms with Gasteiger partial charge in [-0.3, -0.25) is 9.59 Å². The molecule has 0 unspecified atom stereocenters. The minimum atomic E-state index is -0.907. The van der Waals surface area contributed by atoms with Crippen molar-refractivity contribution in [3.8, 4) is 28.7 Å². The first-order chi connectivity index (χ1) is 19.0. The lowest BCUT2D eigenvalue weighted by Gasteiger charge is -2.27. The van der Waals surface area contributed by atoms with Gasteiger partial charge in [0.05, 0.1) is 32.9 Å². The maximum Gasteiger partial charge on any atom is 0.295 e. The van der Waals surface area contributed by atoms with E-state index in [0.29, 0.717) is 59.5 Å². The summed E-state index contributed by atoms with van der Waals surface area (Å²) in [5.74, 6) is 0.288. The molecule has 1 N–H and O–H groups in total. The molecule has 0 saturated carbocycles. The maximum absolute atomic E-state index is 13.5. The largest absolute Gasteiger partial charge is 0.507 e. The average Bonchev–Trinajstić information content (AvgIpc) is 3.24. The van der Waals surface area contributed by atoms with Gasteiger partial charge in [-0.05, 0) is 47.9 Å². The molecular weight excluding hydrogens is 502 g/mol. The van der Waals surface area contributed by atoms with Crippen LogP contribution in [-0.4, -0.2) is 62.8 Å². The molecule has 2 aliphatic rings. The number of ketones is 1. The number of carbonyl (C=O) groups is 2. The molecule has 9 heteroatoms. The summed E-state index contributed by atoms with van der Waals surface area (Å²) >= 11 is 0. The summed E-state index contributed by atoms with van der Waals surface area (Å²) < 4.78 is 27.8. The van der Waals surface area contributed by atoms with Crippen LogP contribution in [0.15, 0.2) is 66.2 Å². The second kappa shape index (κ2) is 11.0. The van der Waals surface area contributed by atoms with Gasteiger partial charge in [-0.1, -0.05) is 30.3 Å². The van der Waals surface area contributed by atoms with Crippen LogP contribution in [0.25, 0.3) is 5.76 Å². The summed E-state index contributed by atoms with van der Waals surface area (Å²) in [6, 6.07) is 17.0. The lowest BCUT2D eigenvalue weighted by molar-refractivity contribution is -0.139. The zero-order chi connectivity index (χ0) is 27.5. The van der Waals surface area contributed by atoms with Crippen molar-refractivity contribution in [2.75, 3.05) is 41.1 Å². The molecular formula is C30H29NO8. The molecule has 0 spiro atoms. The lowest BCUT2D eigenvalue weighted by atomic mass is 9.94. The molecule has 0 radical (unpaired) electrons. The van der Waals surface area contributed by atoms with Crippen molar-refractivity contribution in [3.05, 3.63) is 82.9 Å². The molecule has 3 aromatic carbocycles. The Morgan fingerprint density at radius 2 is 1.56 bits per heavy atom. The molecule has 39 heavy (non-hydrogen) atoms. The highest BCUT2D eigenvalue weighted by atomic mass is 16.6. The highest BCUT2D eigenvalue weighted by Gasteiger charge is 2.46. The minimum Gasteiger partial charge on any atom is -0.507 e. The third kappa shape index (κ3) is 4.83. The van der Waals surface area contributed by atoms with Crippen LogP contribution in [0.4, 0.5) is 0 Å². The molecule has 1 atom stereocenters. The van der Waals surface area contributed by atoms with Crippen molar-refractivity contribution in [3.63, 3.8) is 0 Å². The van der Waals surface area contributed by atoms with Crippen molar-refractivity contribution in [2.24, 2.45) is 0 Å². The Morgan fingerprint density at radius 1 is 0.897 bits per heavy atom. The molecule has 2 heterocycles. The Bertz CT molecular complexity index is 1410. The second-order valence-electron chi connectivity index (χ2n) is 9.05. The van der Waals surface area contributed by atoms with E-state index in [2.05, 4.69) is 0 Å². The van der Waals surface area contributed by atoms with E-state index < -0.39 is 17.7 Å². The number of hydrogen-bond donors (Lipinski definition) is 1. The fraction of sp³-hybridized carbons (Fsp3) is 0.267. The Morgan fingerprint density at radius 3 is 2.21 bits per heavy atom. The number of aliphatic hydroxyl groups excluding tert-OH is 1. The zero-order valence-electron chi connectivity index (χ0n) is 21.9. The summed E-state index contributed by atoms with van der Waals surface area (Å²) in [6.07, 6.45) is 0.513. The summed E-state index contributed by atoms with van der Waals surface area (Å²) in [4.78, 5) is 28.4.